The Labute approximate surface area is 195 Å². The maximum Gasteiger partial charge on any atom is 0.225 e. The number of thiophene rings is 1. The maximum absolute atomic E-state index is 12.5. The molecule has 176 valence electrons. The number of carbonyl (C=O) groups is 2. The first-order valence-electron chi connectivity index (χ1n) is 12.4. The number of aryl methyl sites for hydroxylation is 1. The Kier molecular flexibility index (Phi) is 6.10. The van der Waals surface area contributed by atoms with Gasteiger partial charge in [0.05, 0.1) is 18.1 Å². The number of carbonyl (C=O) groups excluding carboxylic acids is 2. The minimum Gasteiger partial charge on any atom is -0.370 e. The minimum absolute atomic E-state index is 0.0619. The van der Waals surface area contributed by atoms with Crippen LogP contribution in [0, 0.1) is 11.8 Å². The second-order valence-electron chi connectivity index (χ2n) is 10.5. The number of hydrogen-bond donors (Lipinski definition) is 1. The van der Waals surface area contributed by atoms with Crippen molar-refractivity contribution in [1.82, 2.24) is 15.1 Å². The molecule has 32 heavy (non-hydrogen) atoms. The molecule has 0 aromatic carbocycles. The molecule has 0 radical (unpaired) electrons. The van der Waals surface area contributed by atoms with E-state index in [9.17, 15) is 9.59 Å². The van der Waals surface area contributed by atoms with Gasteiger partial charge in [-0.1, -0.05) is 6.92 Å². The normalized spacial score (nSPS) is 35.1. The van der Waals surface area contributed by atoms with Crippen LogP contribution in [-0.4, -0.2) is 67.0 Å². The van der Waals surface area contributed by atoms with Crippen LogP contribution < -0.4 is 5.32 Å². The van der Waals surface area contributed by atoms with E-state index in [-0.39, 0.29) is 29.4 Å². The van der Waals surface area contributed by atoms with Gasteiger partial charge in [-0.05, 0) is 56.6 Å². The van der Waals surface area contributed by atoms with Crippen molar-refractivity contribution in [1.29, 1.82) is 0 Å². The second kappa shape index (κ2) is 8.73. The van der Waals surface area contributed by atoms with Crippen molar-refractivity contribution >= 4 is 23.2 Å². The summed E-state index contributed by atoms with van der Waals surface area (Å²) in [7, 11) is 1.78. The summed E-state index contributed by atoms with van der Waals surface area (Å²) < 4.78 is 6.48. The van der Waals surface area contributed by atoms with Crippen molar-refractivity contribution in [2.24, 2.45) is 11.8 Å². The average Bonchev–Trinajstić information content (AvgIpc) is 3.32. The number of rotatable bonds is 5. The molecule has 7 heteroatoms. The fraction of sp³-hybridized carbons (Fsp3) is 0.760. The smallest absolute Gasteiger partial charge is 0.225 e. The molecule has 3 fully saturated rings. The molecule has 4 aliphatic rings. The quantitative estimate of drug-likeness (QED) is 0.736. The fourth-order valence-corrected chi connectivity index (χ4v) is 7.42. The molecule has 2 unspecified atom stereocenters. The van der Waals surface area contributed by atoms with Crippen molar-refractivity contribution < 1.29 is 14.3 Å². The van der Waals surface area contributed by atoms with Crippen LogP contribution in [0.4, 0.5) is 0 Å². The first-order chi connectivity index (χ1) is 15.4. The van der Waals surface area contributed by atoms with Crippen LogP contribution in [0.15, 0.2) is 6.07 Å². The second-order valence-corrected chi connectivity index (χ2v) is 11.7. The Balaban J connectivity index is 1.11. The molecule has 1 saturated carbocycles. The van der Waals surface area contributed by atoms with Crippen LogP contribution >= 0.6 is 11.3 Å². The lowest BCUT2D eigenvalue weighted by atomic mass is 9.76. The lowest BCUT2D eigenvalue weighted by Gasteiger charge is -2.49. The molecule has 2 amide bonds. The molecule has 5 rings (SSSR count). The van der Waals surface area contributed by atoms with Crippen LogP contribution in [0.2, 0.25) is 0 Å². The predicted molar refractivity (Wildman–Crippen MR) is 126 cm³/mol. The zero-order valence-electron chi connectivity index (χ0n) is 19.7. The van der Waals surface area contributed by atoms with E-state index in [1.54, 1.807) is 16.8 Å². The van der Waals surface area contributed by atoms with E-state index in [4.69, 9.17) is 4.74 Å². The molecule has 1 aromatic heterocycles. The highest BCUT2D eigenvalue weighted by Gasteiger charge is 2.45. The Bertz CT molecular complexity index is 880. The Hall–Kier alpha value is -1.44. The van der Waals surface area contributed by atoms with Gasteiger partial charge in [0, 0.05) is 61.4 Å². The van der Waals surface area contributed by atoms with Gasteiger partial charge in [-0.2, -0.15) is 0 Å². The van der Waals surface area contributed by atoms with Crippen LogP contribution in [0.1, 0.15) is 61.3 Å². The Morgan fingerprint density at radius 3 is 2.88 bits per heavy atom. The monoisotopic (exact) mass is 459 g/mol. The SMILES string of the molecule is CCc1cc2c(s1)CCOC21CCN(CC2CC(NC(=O)C3CC(=O)N(C)C3)C2)[C@@H](C)C1. The molecular weight excluding hydrogens is 422 g/mol. The molecule has 4 heterocycles. The first kappa shape index (κ1) is 22.4. The molecule has 1 aliphatic carbocycles. The maximum atomic E-state index is 12.5. The van der Waals surface area contributed by atoms with Gasteiger partial charge in [-0.25, -0.2) is 0 Å². The summed E-state index contributed by atoms with van der Waals surface area (Å²) in [6.07, 6.45) is 6.82. The summed E-state index contributed by atoms with van der Waals surface area (Å²) in [4.78, 5) is 31.5. The molecule has 3 atom stereocenters. The van der Waals surface area contributed by atoms with Crippen molar-refractivity contribution in [3.8, 4) is 0 Å². The Morgan fingerprint density at radius 1 is 1.38 bits per heavy atom. The van der Waals surface area contributed by atoms with E-state index in [1.165, 1.54) is 10.4 Å². The summed E-state index contributed by atoms with van der Waals surface area (Å²) in [6, 6.07) is 3.21. The van der Waals surface area contributed by atoms with Gasteiger partial charge in [0.1, 0.15) is 0 Å². The van der Waals surface area contributed by atoms with Gasteiger partial charge < -0.3 is 19.9 Å². The van der Waals surface area contributed by atoms with Gasteiger partial charge in [0.25, 0.3) is 0 Å². The number of amides is 2. The van der Waals surface area contributed by atoms with Gasteiger partial charge in [0.15, 0.2) is 0 Å². The fourth-order valence-electron chi connectivity index (χ4n) is 6.24. The highest BCUT2D eigenvalue weighted by atomic mass is 32.1. The Morgan fingerprint density at radius 2 is 2.19 bits per heavy atom. The standard InChI is InChI=1S/C25H37N3O3S/c1-4-20-12-21-22(32-20)5-8-31-25(21)6-7-28(16(2)13-25)14-17-9-19(10-17)26-24(30)18-11-23(29)27(3)15-18/h12,16-19H,4-11,13-15H2,1-3H3,(H,26,30)/t16-,17?,18?,19?,25?/m0/s1. The van der Waals surface area contributed by atoms with Crippen LogP contribution in [0.3, 0.4) is 0 Å². The number of nitrogens with zero attached hydrogens (tertiary/aromatic N) is 2. The van der Waals surface area contributed by atoms with Crippen molar-refractivity contribution in [2.75, 3.05) is 33.3 Å². The highest BCUT2D eigenvalue weighted by Crippen LogP contribution is 2.46. The largest absolute Gasteiger partial charge is 0.370 e. The van der Waals surface area contributed by atoms with Gasteiger partial charge in [0.2, 0.25) is 11.8 Å². The summed E-state index contributed by atoms with van der Waals surface area (Å²) in [5.41, 5.74) is 1.41. The van der Waals surface area contributed by atoms with Gasteiger partial charge in [-0.3, -0.25) is 9.59 Å². The van der Waals surface area contributed by atoms with Gasteiger partial charge >= 0.3 is 0 Å². The third-order valence-electron chi connectivity index (χ3n) is 8.24. The third kappa shape index (κ3) is 4.12. The first-order valence-corrected chi connectivity index (χ1v) is 13.2. The number of fused-ring (bicyclic) bond motifs is 2. The molecule has 1 aromatic rings. The van der Waals surface area contributed by atoms with Crippen LogP contribution in [0.5, 0.6) is 0 Å². The number of piperidine rings is 1. The molecule has 3 aliphatic heterocycles. The van der Waals surface area contributed by atoms with Crippen molar-refractivity contribution in [3.63, 3.8) is 0 Å². The summed E-state index contributed by atoms with van der Waals surface area (Å²) in [5.74, 6) is 0.624. The van der Waals surface area contributed by atoms with E-state index in [2.05, 4.69) is 30.1 Å². The average molecular weight is 460 g/mol. The van der Waals surface area contributed by atoms with Crippen LogP contribution in [-0.2, 0) is 32.8 Å². The summed E-state index contributed by atoms with van der Waals surface area (Å²) in [5, 5.41) is 3.19. The highest BCUT2D eigenvalue weighted by molar-refractivity contribution is 7.12. The van der Waals surface area contributed by atoms with Crippen molar-refractivity contribution in [2.45, 2.75) is 76.5 Å². The molecule has 2 saturated heterocycles. The molecule has 0 bridgehead atoms. The lowest BCUT2D eigenvalue weighted by Crippen LogP contribution is -2.54. The van der Waals surface area contributed by atoms with Crippen LogP contribution in [0.25, 0.3) is 0 Å². The lowest BCUT2D eigenvalue weighted by molar-refractivity contribution is -0.129. The van der Waals surface area contributed by atoms with Crippen molar-refractivity contribution in [3.05, 3.63) is 21.4 Å². The predicted octanol–water partition coefficient (Wildman–Crippen LogP) is 2.94. The number of likely N-dealkylation sites (tertiary alicyclic amines) is 2. The molecule has 6 nitrogen and oxygen atoms in total. The summed E-state index contributed by atoms with van der Waals surface area (Å²) >= 11 is 1.99. The minimum atomic E-state index is -0.171. The topological polar surface area (TPSA) is 61.9 Å². The summed E-state index contributed by atoms with van der Waals surface area (Å²) in [6.45, 7) is 8.22. The van der Waals surface area contributed by atoms with Gasteiger partial charge in [-0.15, -0.1) is 11.3 Å². The number of nitrogens with one attached hydrogen (secondary N) is 1. The zero-order valence-corrected chi connectivity index (χ0v) is 20.5. The van der Waals surface area contributed by atoms with E-state index in [0.29, 0.717) is 24.9 Å². The number of ether oxygens (including phenoxy) is 1. The van der Waals surface area contributed by atoms with E-state index >= 15 is 0 Å². The molecule has 1 spiro atoms. The number of hydrogen-bond acceptors (Lipinski definition) is 5. The molecular formula is C25H37N3O3S. The molecule has 1 N–H and O–H groups in total. The van der Waals surface area contributed by atoms with E-state index in [0.717, 1.165) is 58.2 Å². The zero-order chi connectivity index (χ0) is 22.5. The van der Waals surface area contributed by atoms with E-state index < -0.39 is 0 Å². The third-order valence-corrected chi connectivity index (χ3v) is 9.58. The van der Waals surface area contributed by atoms with E-state index in [1.807, 2.05) is 11.3 Å².